The van der Waals surface area contributed by atoms with E-state index in [1.165, 1.54) is 12.4 Å². The van der Waals surface area contributed by atoms with Crippen LogP contribution in [0.3, 0.4) is 0 Å². The number of pyridine rings is 1. The van der Waals surface area contributed by atoms with Crippen LogP contribution in [0.25, 0.3) is 21.8 Å². The predicted octanol–water partition coefficient (Wildman–Crippen LogP) is 2.81. The summed E-state index contributed by atoms with van der Waals surface area (Å²) in [5, 5.41) is 21.0. The maximum Gasteiger partial charge on any atom is 0.348 e. The number of aromatic nitrogens is 2. The molecule has 0 unspecified atom stereocenters. The first-order valence-corrected chi connectivity index (χ1v) is 6.95. The maximum atomic E-state index is 11.4. The van der Waals surface area contributed by atoms with Crippen molar-refractivity contribution in [3.63, 3.8) is 0 Å². The lowest BCUT2D eigenvalue weighted by Crippen LogP contribution is -2.23. The largest absolute Gasteiger partial charge is 0.619 e. The molecule has 0 spiro atoms. The quantitative estimate of drug-likeness (QED) is 0.596. The molecule has 0 radical (unpaired) electrons. The van der Waals surface area contributed by atoms with Crippen LogP contribution in [0.5, 0.6) is 0 Å². The van der Waals surface area contributed by atoms with Gasteiger partial charge in [0.15, 0.2) is 12.4 Å². The number of aromatic carboxylic acids is 1. The Balaban J connectivity index is 2.13. The molecule has 0 fully saturated rings. The van der Waals surface area contributed by atoms with Crippen molar-refractivity contribution in [2.75, 3.05) is 0 Å². The SMILES string of the molecule is O=C(O)c1sc(-c2cc[n+]([O-])cc2)nc1-c1ccccc1. The Morgan fingerprint density at radius 2 is 1.76 bits per heavy atom. The van der Waals surface area contributed by atoms with E-state index in [4.69, 9.17) is 0 Å². The molecule has 3 rings (SSSR count). The van der Waals surface area contributed by atoms with E-state index in [0.29, 0.717) is 15.4 Å². The molecule has 0 aliphatic heterocycles. The number of hydrogen-bond acceptors (Lipinski definition) is 4. The normalized spacial score (nSPS) is 10.5. The van der Waals surface area contributed by atoms with E-state index >= 15 is 0 Å². The summed E-state index contributed by atoms with van der Waals surface area (Å²) in [6, 6.07) is 12.4. The van der Waals surface area contributed by atoms with Crippen LogP contribution in [0, 0.1) is 5.21 Å². The van der Waals surface area contributed by atoms with E-state index < -0.39 is 5.97 Å². The third-order valence-electron chi connectivity index (χ3n) is 2.92. The third kappa shape index (κ3) is 2.61. The predicted molar refractivity (Wildman–Crippen MR) is 78.9 cm³/mol. The summed E-state index contributed by atoms with van der Waals surface area (Å²) < 4.78 is 0.674. The fraction of sp³-hybridized carbons (Fsp3) is 0. The number of carboxylic acid groups (broad SMARTS) is 1. The molecule has 6 heteroatoms. The van der Waals surface area contributed by atoms with Crippen LogP contribution in [0.4, 0.5) is 0 Å². The fourth-order valence-electron chi connectivity index (χ4n) is 1.94. The van der Waals surface area contributed by atoms with Gasteiger partial charge in [0, 0.05) is 23.3 Å². The summed E-state index contributed by atoms with van der Waals surface area (Å²) >= 11 is 1.10. The van der Waals surface area contributed by atoms with Gasteiger partial charge in [-0.2, -0.15) is 4.73 Å². The van der Waals surface area contributed by atoms with Crippen molar-refractivity contribution in [3.05, 3.63) is 64.9 Å². The maximum absolute atomic E-state index is 11.4. The van der Waals surface area contributed by atoms with Gasteiger partial charge in [-0.1, -0.05) is 30.3 Å². The van der Waals surface area contributed by atoms with E-state index in [0.717, 1.165) is 22.5 Å². The van der Waals surface area contributed by atoms with Crippen LogP contribution in [0.15, 0.2) is 54.9 Å². The Bertz CT molecular complexity index is 782. The first kappa shape index (κ1) is 13.3. The molecule has 21 heavy (non-hydrogen) atoms. The second-order valence-corrected chi connectivity index (χ2v) is 5.31. The van der Waals surface area contributed by atoms with Crippen LogP contribution in [0.1, 0.15) is 9.67 Å². The number of benzene rings is 1. The van der Waals surface area contributed by atoms with Gasteiger partial charge >= 0.3 is 5.97 Å². The van der Waals surface area contributed by atoms with Crippen molar-refractivity contribution in [1.82, 2.24) is 4.98 Å². The van der Waals surface area contributed by atoms with E-state index in [1.807, 2.05) is 30.3 Å². The minimum Gasteiger partial charge on any atom is -0.619 e. The number of carboxylic acids is 1. The molecule has 104 valence electrons. The van der Waals surface area contributed by atoms with Gasteiger partial charge in [-0.05, 0) is 0 Å². The van der Waals surface area contributed by atoms with Gasteiger partial charge in [-0.15, -0.1) is 11.3 Å². The zero-order chi connectivity index (χ0) is 14.8. The molecule has 0 bridgehead atoms. The summed E-state index contributed by atoms with van der Waals surface area (Å²) in [5.41, 5.74) is 1.92. The fourth-order valence-corrected chi connectivity index (χ4v) is 2.87. The molecule has 0 atom stereocenters. The van der Waals surface area contributed by atoms with Crippen molar-refractivity contribution < 1.29 is 14.6 Å². The van der Waals surface area contributed by atoms with Gasteiger partial charge in [-0.3, -0.25) is 0 Å². The Morgan fingerprint density at radius 1 is 1.10 bits per heavy atom. The molecular formula is C15H10N2O3S. The van der Waals surface area contributed by atoms with Gasteiger partial charge in [0.05, 0.1) is 5.69 Å². The van der Waals surface area contributed by atoms with Crippen molar-refractivity contribution >= 4 is 17.3 Å². The summed E-state index contributed by atoms with van der Waals surface area (Å²) in [6.07, 6.45) is 2.72. The van der Waals surface area contributed by atoms with E-state index in [-0.39, 0.29) is 4.88 Å². The number of carbonyl (C=O) groups is 1. The molecule has 0 saturated carbocycles. The van der Waals surface area contributed by atoms with Gasteiger partial charge in [-0.25, -0.2) is 9.78 Å². The second kappa shape index (κ2) is 5.34. The molecule has 0 aliphatic carbocycles. The number of rotatable bonds is 3. The van der Waals surface area contributed by atoms with Crippen LogP contribution >= 0.6 is 11.3 Å². The minimum atomic E-state index is -1.01. The molecule has 5 nitrogen and oxygen atoms in total. The lowest BCUT2D eigenvalue weighted by Gasteiger charge is -1.98. The van der Waals surface area contributed by atoms with Gasteiger partial charge < -0.3 is 10.3 Å². The second-order valence-electron chi connectivity index (χ2n) is 4.31. The monoisotopic (exact) mass is 298 g/mol. The molecular weight excluding hydrogens is 288 g/mol. The summed E-state index contributed by atoms with van der Waals surface area (Å²) in [5.74, 6) is -1.01. The summed E-state index contributed by atoms with van der Waals surface area (Å²) in [7, 11) is 0. The van der Waals surface area contributed by atoms with Gasteiger partial charge in [0.1, 0.15) is 9.88 Å². The lowest BCUT2D eigenvalue weighted by atomic mass is 10.1. The number of nitrogens with zero attached hydrogens (tertiary/aromatic N) is 2. The Labute approximate surface area is 124 Å². The average molecular weight is 298 g/mol. The molecule has 0 aliphatic rings. The third-order valence-corrected chi connectivity index (χ3v) is 4.01. The Kier molecular flexibility index (Phi) is 3.37. The average Bonchev–Trinajstić information content (AvgIpc) is 2.94. The topological polar surface area (TPSA) is 77.1 Å². The first-order chi connectivity index (χ1) is 10.1. The summed E-state index contributed by atoms with van der Waals surface area (Å²) in [4.78, 5) is 16.0. The molecule has 2 heterocycles. The highest BCUT2D eigenvalue weighted by atomic mass is 32.1. The van der Waals surface area contributed by atoms with Crippen molar-refractivity contribution in [3.8, 4) is 21.8 Å². The van der Waals surface area contributed by atoms with Gasteiger partial charge in [0.25, 0.3) is 0 Å². The lowest BCUT2D eigenvalue weighted by molar-refractivity contribution is -0.605. The molecule has 3 aromatic rings. The van der Waals surface area contributed by atoms with Crippen molar-refractivity contribution in [2.45, 2.75) is 0 Å². The van der Waals surface area contributed by atoms with Crippen LogP contribution in [0.2, 0.25) is 0 Å². The summed E-state index contributed by atoms with van der Waals surface area (Å²) in [6.45, 7) is 0. The molecule has 0 amide bonds. The van der Waals surface area contributed by atoms with E-state index in [9.17, 15) is 15.1 Å². The highest BCUT2D eigenvalue weighted by molar-refractivity contribution is 7.17. The Morgan fingerprint density at radius 3 is 2.38 bits per heavy atom. The van der Waals surface area contributed by atoms with E-state index in [1.54, 1.807) is 12.1 Å². The molecule has 2 aromatic heterocycles. The zero-order valence-electron chi connectivity index (χ0n) is 10.8. The van der Waals surface area contributed by atoms with Crippen LogP contribution < -0.4 is 4.73 Å². The van der Waals surface area contributed by atoms with Crippen molar-refractivity contribution in [2.24, 2.45) is 0 Å². The standard InChI is InChI=1S/C15H10N2O3S/c18-15(19)13-12(10-4-2-1-3-5-10)16-14(21-13)11-6-8-17(20)9-7-11/h1-9H,(H,18,19). The molecule has 1 N–H and O–H groups in total. The van der Waals surface area contributed by atoms with E-state index in [2.05, 4.69) is 4.98 Å². The smallest absolute Gasteiger partial charge is 0.348 e. The highest BCUT2D eigenvalue weighted by Crippen LogP contribution is 2.33. The number of thiazole rings is 1. The Hall–Kier alpha value is -2.73. The van der Waals surface area contributed by atoms with Crippen molar-refractivity contribution in [1.29, 1.82) is 0 Å². The van der Waals surface area contributed by atoms with Crippen LogP contribution in [-0.2, 0) is 0 Å². The van der Waals surface area contributed by atoms with Crippen LogP contribution in [-0.4, -0.2) is 16.1 Å². The van der Waals surface area contributed by atoms with Gasteiger partial charge in [0.2, 0.25) is 0 Å². The number of hydrogen-bond donors (Lipinski definition) is 1. The highest BCUT2D eigenvalue weighted by Gasteiger charge is 2.19. The molecule has 1 aromatic carbocycles. The minimum absolute atomic E-state index is 0.190. The zero-order valence-corrected chi connectivity index (χ0v) is 11.6. The first-order valence-electron chi connectivity index (χ1n) is 6.14. The molecule has 0 saturated heterocycles.